The van der Waals surface area contributed by atoms with Crippen LogP contribution < -0.4 is 10.6 Å². The highest BCUT2D eigenvalue weighted by Crippen LogP contribution is 2.18. The number of carbonyl (C=O) groups is 1. The average molecular weight is 325 g/mol. The Hall–Kier alpha value is -1.60. The number of rotatable bonds is 4. The van der Waals surface area contributed by atoms with E-state index in [1.165, 1.54) is 10.6 Å². The average Bonchev–Trinajstić information content (AvgIpc) is 2.47. The van der Waals surface area contributed by atoms with Crippen molar-refractivity contribution in [2.75, 3.05) is 31.2 Å². The van der Waals surface area contributed by atoms with Gasteiger partial charge in [-0.2, -0.15) is 0 Å². The summed E-state index contributed by atoms with van der Waals surface area (Å²) < 4.78 is 24.6. The summed E-state index contributed by atoms with van der Waals surface area (Å²) in [5, 5.41) is 5.58. The van der Waals surface area contributed by atoms with E-state index in [2.05, 4.69) is 10.6 Å². The summed E-state index contributed by atoms with van der Waals surface area (Å²) in [6.07, 6.45) is 2.99. The van der Waals surface area contributed by atoms with E-state index in [1.807, 2.05) is 31.2 Å². The minimum atomic E-state index is -3.14. The fraction of sp³-hybridized carbons (Fsp3) is 0.533. The van der Waals surface area contributed by atoms with Gasteiger partial charge in [0.1, 0.15) is 0 Å². The van der Waals surface area contributed by atoms with Crippen molar-refractivity contribution in [3.05, 3.63) is 29.8 Å². The molecule has 1 aromatic rings. The molecule has 1 heterocycles. The van der Waals surface area contributed by atoms with Crippen LogP contribution in [-0.4, -0.2) is 44.6 Å². The number of sulfonamides is 1. The summed E-state index contributed by atoms with van der Waals surface area (Å²) in [7, 11) is -3.14. The number of amides is 2. The Labute approximate surface area is 131 Å². The first-order valence-electron chi connectivity index (χ1n) is 7.41. The van der Waals surface area contributed by atoms with E-state index in [0.29, 0.717) is 19.6 Å². The molecule has 0 aliphatic carbocycles. The van der Waals surface area contributed by atoms with Crippen LogP contribution in [0, 0.1) is 12.8 Å². The molecule has 2 amide bonds. The van der Waals surface area contributed by atoms with Crippen LogP contribution in [0.25, 0.3) is 0 Å². The van der Waals surface area contributed by atoms with Gasteiger partial charge in [-0.15, -0.1) is 0 Å². The SMILES string of the molecule is Cc1ccc(NC(=O)NCC2CCCN(S(C)(=O)=O)C2)cc1. The minimum absolute atomic E-state index is 0.159. The zero-order chi connectivity index (χ0) is 16.2. The van der Waals surface area contributed by atoms with Crippen LogP contribution in [-0.2, 0) is 10.0 Å². The topological polar surface area (TPSA) is 78.5 Å². The fourth-order valence-electron chi connectivity index (χ4n) is 2.54. The number of nitrogens with zero attached hydrogens (tertiary/aromatic N) is 1. The second-order valence-corrected chi connectivity index (χ2v) is 7.81. The van der Waals surface area contributed by atoms with E-state index < -0.39 is 10.0 Å². The Morgan fingerprint density at radius 1 is 1.32 bits per heavy atom. The summed E-state index contributed by atoms with van der Waals surface area (Å²) >= 11 is 0. The zero-order valence-electron chi connectivity index (χ0n) is 13.0. The van der Waals surface area contributed by atoms with Crippen molar-refractivity contribution in [2.24, 2.45) is 5.92 Å². The maximum absolute atomic E-state index is 11.9. The number of nitrogens with one attached hydrogen (secondary N) is 2. The molecule has 2 N–H and O–H groups in total. The largest absolute Gasteiger partial charge is 0.338 e. The van der Waals surface area contributed by atoms with Crippen molar-refractivity contribution < 1.29 is 13.2 Å². The number of anilines is 1. The monoisotopic (exact) mass is 325 g/mol. The molecule has 0 saturated carbocycles. The first-order chi connectivity index (χ1) is 10.3. The second kappa shape index (κ2) is 7.11. The molecule has 122 valence electrons. The number of hydrogen-bond acceptors (Lipinski definition) is 3. The number of carbonyl (C=O) groups excluding carboxylic acids is 1. The molecule has 0 radical (unpaired) electrons. The van der Waals surface area contributed by atoms with E-state index in [4.69, 9.17) is 0 Å². The van der Waals surface area contributed by atoms with Gasteiger partial charge in [-0.1, -0.05) is 17.7 Å². The van der Waals surface area contributed by atoms with Gasteiger partial charge < -0.3 is 10.6 Å². The van der Waals surface area contributed by atoms with E-state index in [9.17, 15) is 13.2 Å². The predicted octanol–water partition coefficient (Wildman–Crippen LogP) is 1.79. The molecule has 1 aromatic carbocycles. The summed E-state index contributed by atoms with van der Waals surface area (Å²) in [5.74, 6) is 0.159. The second-order valence-electron chi connectivity index (χ2n) is 5.83. The molecule has 2 rings (SSSR count). The van der Waals surface area contributed by atoms with Crippen molar-refractivity contribution in [1.29, 1.82) is 0 Å². The molecule has 1 atom stereocenters. The number of benzene rings is 1. The highest BCUT2D eigenvalue weighted by atomic mass is 32.2. The molecule has 1 aliphatic heterocycles. The Bertz CT molecular complexity index is 613. The number of hydrogen-bond donors (Lipinski definition) is 2. The standard InChI is InChI=1S/C15H23N3O3S/c1-12-5-7-14(8-6-12)17-15(19)16-10-13-4-3-9-18(11-13)22(2,20)21/h5-8,13H,3-4,9-11H2,1-2H3,(H2,16,17,19). The van der Waals surface area contributed by atoms with Gasteiger partial charge in [0.2, 0.25) is 10.0 Å². The lowest BCUT2D eigenvalue weighted by atomic mass is 10.00. The van der Waals surface area contributed by atoms with Crippen LogP contribution in [0.5, 0.6) is 0 Å². The van der Waals surface area contributed by atoms with Crippen molar-refractivity contribution in [2.45, 2.75) is 19.8 Å². The van der Waals surface area contributed by atoms with Crippen LogP contribution in [0.4, 0.5) is 10.5 Å². The summed E-state index contributed by atoms with van der Waals surface area (Å²) in [5.41, 5.74) is 1.87. The van der Waals surface area contributed by atoms with Crippen molar-refractivity contribution in [3.63, 3.8) is 0 Å². The molecular weight excluding hydrogens is 302 g/mol. The Balaban J connectivity index is 1.79. The first-order valence-corrected chi connectivity index (χ1v) is 9.26. The van der Waals surface area contributed by atoms with Gasteiger partial charge in [0.05, 0.1) is 6.26 Å². The summed E-state index contributed by atoms with van der Waals surface area (Å²) in [6.45, 7) is 3.51. The zero-order valence-corrected chi connectivity index (χ0v) is 13.8. The van der Waals surface area contributed by atoms with E-state index in [1.54, 1.807) is 0 Å². The third kappa shape index (κ3) is 4.99. The predicted molar refractivity (Wildman–Crippen MR) is 87.3 cm³/mol. The lowest BCUT2D eigenvalue weighted by Crippen LogP contribution is -2.43. The van der Waals surface area contributed by atoms with Crippen molar-refractivity contribution in [3.8, 4) is 0 Å². The smallest absolute Gasteiger partial charge is 0.319 e. The van der Waals surface area contributed by atoms with Crippen LogP contribution in [0.1, 0.15) is 18.4 Å². The van der Waals surface area contributed by atoms with Crippen molar-refractivity contribution >= 4 is 21.7 Å². The normalized spacial score (nSPS) is 19.6. The van der Waals surface area contributed by atoms with Gasteiger partial charge >= 0.3 is 6.03 Å². The van der Waals surface area contributed by atoms with Gasteiger partial charge in [0.25, 0.3) is 0 Å². The molecule has 1 fully saturated rings. The van der Waals surface area contributed by atoms with Gasteiger partial charge in [0, 0.05) is 25.3 Å². The van der Waals surface area contributed by atoms with E-state index in [-0.39, 0.29) is 11.9 Å². The molecular formula is C15H23N3O3S. The Kier molecular flexibility index (Phi) is 5.42. The van der Waals surface area contributed by atoms with Gasteiger partial charge in [-0.05, 0) is 37.8 Å². The van der Waals surface area contributed by atoms with Crippen LogP contribution in [0.2, 0.25) is 0 Å². The first kappa shape index (κ1) is 16.8. The third-order valence-corrected chi connectivity index (χ3v) is 5.08. The lowest BCUT2D eigenvalue weighted by Gasteiger charge is -2.30. The van der Waals surface area contributed by atoms with Gasteiger partial charge in [-0.3, -0.25) is 0 Å². The summed E-state index contributed by atoms with van der Waals surface area (Å²) in [6, 6.07) is 7.30. The summed E-state index contributed by atoms with van der Waals surface area (Å²) in [4.78, 5) is 11.9. The molecule has 22 heavy (non-hydrogen) atoms. The van der Waals surface area contributed by atoms with Crippen LogP contribution in [0.3, 0.4) is 0 Å². The van der Waals surface area contributed by atoms with E-state index in [0.717, 1.165) is 24.1 Å². The van der Waals surface area contributed by atoms with Crippen molar-refractivity contribution in [1.82, 2.24) is 9.62 Å². The lowest BCUT2D eigenvalue weighted by molar-refractivity contribution is 0.239. The maximum Gasteiger partial charge on any atom is 0.319 e. The van der Waals surface area contributed by atoms with Gasteiger partial charge in [0.15, 0.2) is 0 Å². The van der Waals surface area contributed by atoms with Crippen LogP contribution in [0.15, 0.2) is 24.3 Å². The molecule has 6 nitrogen and oxygen atoms in total. The number of piperidine rings is 1. The van der Waals surface area contributed by atoms with E-state index >= 15 is 0 Å². The Morgan fingerprint density at radius 2 is 2.00 bits per heavy atom. The fourth-order valence-corrected chi connectivity index (χ4v) is 3.49. The quantitative estimate of drug-likeness (QED) is 0.886. The molecule has 1 saturated heterocycles. The molecule has 0 bridgehead atoms. The highest BCUT2D eigenvalue weighted by Gasteiger charge is 2.25. The molecule has 0 spiro atoms. The number of urea groups is 1. The Morgan fingerprint density at radius 3 is 2.64 bits per heavy atom. The molecule has 0 aromatic heterocycles. The van der Waals surface area contributed by atoms with Gasteiger partial charge in [-0.25, -0.2) is 17.5 Å². The highest BCUT2D eigenvalue weighted by molar-refractivity contribution is 7.88. The molecule has 7 heteroatoms. The third-order valence-electron chi connectivity index (χ3n) is 3.81. The maximum atomic E-state index is 11.9. The molecule has 1 unspecified atom stereocenters. The minimum Gasteiger partial charge on any atom is -0.338 e. The molecule has 1 aliphatic rings. The van der Waals surface area contributed by atoms with Crippen LogP contribution >= 0.6 is 0 Å². The number of aryl methyl sites for hydroxylation is 1.